The summed E-state index contributed by atoms with van der Waals surface area (Å²) in [6, 6.07) is 7.40. The number of rotatable bonds is 3. The van der Waals surface area contributed by atoms with Crippen LogP contribution in [0.1, 0.15) is 0 Å². The third-order valence-electron chi connectivity index (χ3n) is 2.34. The first-order chi connectivity index (χ1) is 7.66. The van der Waals surface area contributed by atoms with Gasteiger partial charge in [0.05, 0.1) is 20.3 Å². The van der Waals surface area contributed by atoms with E-state index in [1.807, 2.05) is 18.2 Å². The van der Waals surface area contributed by atoms with Crippen LogP contribution < -0.4 is 0 Å². The third kappa shape index (κ3) is 2.19. The average molecular weight is 259 g/mol. The minimum atomic E-state index is -0.598. The second kappa shape index (κ2) is 4.65. The molecule has 0 saturated carbocycles. The van der Waals surface area contributed by atoms with E-state index in [-0.39, 0.29) is 5.97 Å². The molecular weight excluding hydrogens is 248 g/mol. The van der Waals surface area contributed by atoms with Crippen molar-refractivity contribution in [3.8, 4) is 0 Å². The molecular formula is C11H11ClO3S. The predicted octanol–water partition coefficient (Wildman–Crippen LogP) is 2.37. The summed E-state index contributed by atoms with van der Waals surface area (Å²) in [6.07, 6.45) is 0. The van der Waals surface area contributed by atoms with Crippen molar-refractivity contribution >= 4 is 29.3 Å². The van der Waals surface area contributed by atoms with Gasteiger partial charge in [-0.3, -0.25) is 4.79 Å². The lowest BCUT2D eigenvalue weighted by Gasteiger charge is -2.37. The van der Waals surface area contributed by atoms with Crippen LogP contribution in [0.25, 0.3) is 0 Å². The minimum absolute atomic E-state index is 0.247. The molecule has 0 spiro atoms. The van der Waals surface area contributed by atoms with Crippen molar-refractivity contribution in [2.24, 2.45) is 0 Å². The zero-order valence-corrected chi connectivity index (χ0v) is 10.3. The van der Waals surface area contributed by atoms with Crippen LogP contribution in [0.5, 0.6) is 0 Å². The van der Waals surface area contributed by atoms with Crippen LogP contribution in [0.2, 0.25) is 5.02 Å². The Morgan fingerprint density at radius 2 is 2.31 bits per heavy atom. The first-order valence-electron chi connectivity index (χ1n) is 4.77. The largest absolute Gasteiger partial charge is 0.468 e. The Balaban J connectivity index is 2.16. The second-order valence-electron chi connectivity index (χ2n) is 3.54. The van der Waals surface area contributed by atoms with Crippen LogP contribution in [0.15, 0.2) is 29.2 Å². The summed E-state index contributed by atoms with van der Waals surface area (Å²) in [5.41, 5.74) is 0. The number of ether oxygens (including phenoxy) is 2. The van der Waals surface area contributed by atoms with Gasteiger partial charge >= 0.3 is 5.97 Å². The number of esters is 1. The Kier molecular flexibility index (Phi) is 3.42. The highest BCUT2D eigenvalue weighted by Gasteiger charge is 2.48. The monoisotopic (exact) mass is 258 g/mol. The molecule has 86 valence electrons. The Bertz CT molecular complexity index is 404. The molecule has 0 N–H and O–H groups in total. The standard InChI is InChI=1S/C11H11ClO3S/c1-14-10(13)11(6-15-7-11)16-9-4-2-3-8(12)5-9/h2-5H,6-7H2,1H3. The van der Waals surface area contributed by atoms with Crippen molar-refractivity contribution in [2.75, 3.05) is 20.3 Å². The second-order valence-corrected chi connectivity index (χ2v) is 5.43. The van der Waals surface area contributed by atoms with Crippen LogP contribution >= 0.6 is 23.4 Å². The summed E-state index contributed by atoms with van der Waals surface area (Å²) < 4.78 is 9.30. The average Bonchev–Trinajstić information content (AvgIpc) is 2.22. The molecule has 0 unspecified atom stereocenters. The predicted molar refractivity (Wildman–Crippen MR) is 62.9 cm³/mol. The first kappa shape index (κ1) is 11.8. The molecule has 1 heterocycles. The van der Waals surface area contributed by atoms with Gasteiger partial charge < -0.3 is 9.47 Å². The number of benzene rings is 1. The summed E-state index contributed by atoms with van der Waals surface area (Å²) >= 11 is 7.33. The SMILES string of the molecule is COC(=O)C1(Sc2cccc(Cl)c2)COC1. The topological polar surface area (TPSA) is 35.5 Å². The van der Waals surface area contributed by atoms with E-state index in [4.69, 9.17) is 21.1 Å². The van der Waals surface area contributed by atoms with Gasteiger partial charge in [-0.25, -0.2) is 0 Å². The van der Waals surface area contributed by atoms with Gasteiger partial charge in [-0.2, -0.15) is 0 Å². The summed E-state index contributed by atoms with van der Waals surface area (Å²) in [6.45, 7) is 0.772. The van der Waals surface area contributed by atoms with Gasteiger partial charge in [-0.05, 0) is 18.2 Å². The molecule has 1 aliphatic rings. The Hall–Kier alpha value is -0.710. The molecule has 0 bridgehead atoms. The summed E-state index contributed by atoms with van der Waals surface area (Å²) in [5.74, 6) is -0.247. The maximum atomic E-state index is 11.6. The molecule has 0 radical (unpaired) electrons. The molecule has 1 aromatic carbocycles. The summed E-state index contributed by atoms with van der Waals surface area (Å²) in [5, 5.41) is 0.658. The van der Waals surface area contributed by atoms with Crippen molar-refractivity contribution in [2.45, 2.75) is 9.64 Å². The van der Waals surface area contributed by atoms with Gasteiger partial charge in [0, 0.05) is 9.92 Å². The van der Waals surface area contributed by atoms with Gasteiger partial charge in [0.2, 0.25) is 0 Å². The zero-order valence-electron chi connectivity index (χ0n) is 8.73. The van der Waals surface area contributed by atoms with E-state index in [1.54, 1.807) is 6.07 Å². The van der Waals surface area contributed by atoms with E-state index in [0.717, 1.165) is 4.90 Å². The minimum Gasteiger partial charge on any atom is -0.468 e. The lowest BCUT2D eigenvalue weighted by atomic mass is 10.1. The number of thioether (sulfide) groups is 1. The molecule has 1 aliphatic heterocycles. The summed E-state index contributed by atoms with van der Waals surface area (Å²) in [4.78, 5) is 12.6. The van der Waals surface area contributed by atoms with Crippen LogP contribution in [0, 0.1) is 0 Å². The molecule has 0 atom stereocenters. The number of carbonyl (C=O) groups is 1. The Morgan fingerprint density at radius 3 is 2.81 bits per heavy atom. The van der Waals surface area contributed by atoms with Gasteiger partial charge in [0.15, 0.2) is 4.75 Å². The van der Waals surface area contributed by atoms with Gasteiger partial charge in [-0.1, -0.05) is 17.7 Å². The van der Waals surface area contributed by atoms with E-state index in [2.05, 4.69) is 0 Å². The van der Waals surface area contributed by atoms with E-state index in [0.29, 0.717) is 18.2 Å². The lowest BCUT2D eigenvalue weighted by Crippen LogP contribution is -2.53. The van der Waals surface area contributed by atoms with Crippen molar-refractivity contribution in [1.82, 2.24) is 0 Å². The number of carbonyl (C=O) groups excluding carboxylic acids is 1. The quantitative estimate of drug-likeness (QED) is 0.780. The molecule has 1 aromatic rings. The smallest absolute Gasteiger partial charge is 0.327 e. The molecule has 0 aromatic heterocycles. The molecule has 0 amide bonds. The van der Waals surface area contributed by atoms with Crippen molar-refractivity contribution in [1.29, 1.82) is 0 Å². The molecule has 5 heteroatoms. The van der Waals surface area contributed by atoms with Gasteiger partial charge in [0.25, 0.3) is 0 Å². The van der Waals surface area contributed by atoms with Crippen molar-refractivity contribution in [3.63, 3.8) is 0 Å². The Morgan fingerprint density at radius 1 is 1.56 bits per heavy atom. The van der Waals surface area contributed by atoms with Crippen molar-refractivity contribution in [3.05, 3.63) is 29.3 Å². The van der Waals surface area contributed by atoms with Gasteiger partial charge in [-0.15, -0.1) is 11.8 Å². The fourth-order valence-corrected chi connectivity index (χ4v) is 2.94. The zero-order chi connectivity index (χ0) is 11.6. The highest BCUT2D eigenvalue weighted by Crippen LogP contribution is 2.40. The molecule has 2 rings (SSSR count). The van der Waals surface area contributed by atoms with E-state index < -0.39 is 4.75 Å². The maximum absolute atomic E-state index is 11.6. The van der Waals surface area contributed by atoms with E-state index in [1.165, 1.54) is 18.9 Å². The lowest BCUT2D eigenvalue weighted by molar-refractivity contribution is -0.155. The fraction of sp³-hybridized carbons (Fsp3) is 0.364. The molecule has 1 fully saturated rings. The van der Waals surface area contributed by atoms with E-state index >= 15 is 0 Å². The van der Waals surface area contributed by atoms with Crippen LogP contribution in [0.3, 0.4) is 0 Å². The summed E-state index contributed by atoms with van der Waals surface area (Å²) in [7, 11) is 1.39. The van der Waals surface area contributed by atoms with Crippen molar-refractivity contribution < 1.29 is 14.3 Å². The molecule has 3 nitrogen and oxygen atoms in total. The molecule has 1 saturated heterocycles. The number of methoxy groups -OCH3 is 1. The molecule has 0 aliphatic carbocycles. The maximum Gasteiger partial charge on any atom is 0.327 e. The normalized spacial score (nSPS) is 17.6. The fourth-order valence-electron chi connectivity index (χ4n) is 1.45. The highest BCUT2D eigenvalue weighted by molar-refractivity contribution is 8.01. The molecule has 16 heavy (non-hydrogen) atoms. The highest BCUT2D eigenvalue weighted by atomic mass is 35.5. The number of halogens is 1. The number of hydrogen-bond acceptors (Lipinski definition) is 4. The number of hydrogen-bond donors (Lipinski definition) is 0. The Labute approximate surface area is 103 Å². The van der Waals surface area contributed by atoms with E-state index in [9.17, 15) is 4.79 Å². The van der Waals surface area contributed by atoms with Crippen LogP contribution in [-0.4, -0.2) is 31.0 Å². The third-order valence-corrected chi connectivity index (χ3v) is 3.85. The first-order valence-corrected chi connectivity index (χ1v) is 5.96. The van der Waals surface area contributed by atoms with Gasteiger partial charge in [0.1, 0.15) is 0 Å². The van der Waals surface area contributed by atoms with Crippen LogP contribution in [0.4, 0.5) is 0 Å². The van der Waals surface area contributed by atoms with Crippen LogP contribution in [-0.2, 0) is 14.3 Å².